The largest absolute Gasteiger partial charge is 0.459 e. The summed E-state index contributed by atoms with van der Waals surface area (Å²) in [6, 6.07) is -0.678. The Bertz CT molecular complexity index is 129. The van der Waals surface area contributed by atoms with Crippen LogP contribution in [0.1, 0.15) is 0 Å². The predicted molar refractivity (Wildman–Crippen MR) is 41.6 cm³/mol. The summed E-state index contributed by atoms with van der Waals surface area (Å²) in [5.74, 6) is -0.255. The maximum atomic E-state index is 10.6. The quantitative estimate of drug-likeness (QED) is 0.294. The van der Waals surface area contributed by atoms with E-state index in [-0.39, 0.29) is 12.4 Å². The zero-order chi connectivity index (χ0) is 7.98. The lowest BCUT2D eigenvalue weighted by molar-refractivity contribution is -0.142. The van der Waals surface area contributed by atoms with Crippen molar-refractivity contribution in [2.24, 2.45) is 5.73 Å². The molecular formula is C5H10N2O2S. The minimum Gasteiger partial charge on any atom is -0.459 e. The summed E-state index contributed by atoms with van der Waals surface area (Å²) in [7, 11) is 0. The lowest BCUT2D eigenvalue weighted by Gasteiger charge is -2.05. The molecule has 4 nitrogen and oxygen atoms in total. The highest BCUT2D eigenvalue weighted by molar-refractivity contribution is 7.80. The number of thiol groups is 1. The third kappa shape index (κ3) is 3.47. The second-order valence-corrected chi connectivity index (χ2v) is 1.99. The van der Waals surface area contributed by atoms with E-state index in [1.807, 2.05) is 0 Å². The number of ether oxygens (including phenoxy) is 1. The Morgan fingerprint density at radius 2 is 2.50 bits per heavy atom. The fourth-order valence-corrected chi connectivity index (χ4v) is 0.454. The van der Waals surface area contributed by atoms with Crippen molar-refractivity contribution in [3.05, 3.63) is 0 Å². The highest BCUT2D eigenvalue weighted by Gasteiger charge is 2.11. The molecule has 0 aromatic carbocycles. The molecule has 0 aliphatic carbocycles. The van der Waals surface area contributed by atoms with Crippen molar-refractivity contribution in [1.82, 2.24) is 0 Å². The van der Waals surface area contributed by atoms with Crippen molar-refractivity contribution in [2.45, 2.75) is 6.04 Å². The van der Waals surface area contributed by atoms with Crippen LogP contribution in [0.25, 0.3) is 0 Å². The SMILES string of the molecule is N=CCOC(=O)[C@@H](N)CS. The van der Waals surface area contributed by atoms with E-state index in [2.05, 4.69) is 17.4 Å². The number of hydrogen-bond acceptors (Lipinski definition) is 5. The number of hydrogen-bond donors (Lipinski definition) is 3. The molecule has 0 rings (SSSR count). The van der Waals surface area contributed by atoms with Crippen LogP contribution in [-0.4, -0.2) is 30.6 Å². The lowest BCUT2D eigenvalue weighted by Crippen LogP contribution is -2.34. The molecule has 0 spiro atoms. The Morgan fingerprint density at radius 1 is 1.90 bits per heavy atom. The highest BCUT2D eigenvalue weighted by atomic mass is 32.1. The smallest absolute Gasteiger partial charge is 0.324 e. The maximum Gasteiger partial charge on any atom is 0.324 e. The van der Waals surface area contributed by atoms with Crippen LogP contribution >= 0.6 is 12.6 Å². The van der Waals surface area contributed by atoms with Crippen molar-refractivity contribution in [3.8, 4) is 0 Å². The molecule has 0 saturated carbocycles. The second kappa shape index (κ2) is 5.25. The first-order valence-corrected chi connectivity index (χ1v) is 3.37. The van der Waals surface area contributed by atoms with Gasteiger partial charge in [0.25, 0.3) is 0 Å². The van der Waals surface area contributed by atoms with Crippen LogP contribution < -0.4 is 5.73 Å². The summed E-state index contributed by atoms with van der Waals surface area (Å²) in [4.78, 5) is 10.6. The summed E-state index contributed by atoms with van der Waals surface area (Å²) < 4.78 is 4.49. The first kappa shape index (κ1) is 9.45. The van der Waals surface area contributed by atoms with Gasteiger partial charge >= 0.3 is 5.97 Å². The molecular weight excluding hydrogens is 152 g/mol. The van der Waals surface area contributed by atoms with Gasteiger partial charge in [-0.1, -0.05) is 0 Å². The summed E-state index contributed by atoms with van der Waals surface area (Å²) in [5.41, 5.74) is 5.23. The van der Waals surface area contributed by atoms with Crippen LogP contribution in [0, 0.1) is 5.41 Å². The van der Waals surface area contributed by atoms with Gasteiger partial charge < -0.3 is 15.9 Å². The zero-order valence-corrected chi connectivity index (χ0v) is 6.30. The van der Waals surface area contributed by atoms with E-state index < -0.39 is 12.0 Å². The van der Waals surface area contributed by atoms with E-state index in [9.17, 15) is 4.79 Å². The number of rotatable bonds is 4. The average Bonchev–Trinajstić information content (AvgIpc) is 1.98. The van der Waals surface area contributed by atoms with Gasteiger partial charge in [0, 0.05) is 12.0 Å². The molecule has 0 bridgehead atoms. The van der Waals surface area contributed by atoms with Crippen LogP contribution in [-0.2, 0) is 9.53 Å². The number of nitrogens with one attached hydrogen (secondary N) is 1. The summed E-state index contributed by atoms with van der Waals surface area (Å²) >= 11 is 3.79. The van der Waals surface area contributed by atoms with Crippen molar-refractivity contribution in [3.63, 3.8) is 0 Å². The number of esters is 1. The van der Waals surface area contributed by atoms with Crippen LogP contribution in [0.5, 0.6) is 0 Å². The van der Waals surface area contributed by atoms with Gasteiger partial charge in [-0.05, 0) is 0 Å². The minimum absolute atomic E-state index is 0.0136. The Balaban J connectivity index is 3.51. The molecule has 58 valence electrons. The fraction of sp³-hybridized carbons (Fsp3) is 0.600. The Kier molecular flexibility index (Phi) is 4.96. The van der Waals surface area contributed by atoms with Gasteiger partial charge in [-0.3, -0.25) is 4.79 Å². The van der Waals surface area contributed by atoms with Crippen LogP contribution in [0.4, 0.5) is 0 Å². The van der Waals surface area contributed by atoms with Crippen LogP contribution in [0.2, 0.25) is 0 Å². The van der Waals surface area contributed by atoms with Gasteiger partial charge in [0.05, 0.1) is 0 Å². The Labute approximate surface area is 64.7 Å². The normalized spacial score (nSPS) is 12.2. The van der Waals surface area contributed by atoms with Crippen molar-refractivity contribution in [1.29, 1.82) is 5.41 Å². The first-order chi connectivity index (χ1) is 4.72. The maximum absolute atomic E-state index is 10.6. The fourth-order valence-electron chi connectivity index (χ4n) is 0.305. The van der Waals surface area contributed by atoms with Gasteiger partial charge in [0.1, 0.15) is 12.6 Å². The van der Waals surface area contributed by atoms with E-state index >= 15 is 0 Å². The molecule has 0 aliphatic heterocycles. The van der Waals surface area contributed by atoms with E-state index in [1.165, 1.54) is 0 Å². The van der Waals surface area contributed by atoms with Crippen LogP contribution in [0.15, 0.2) is 0 Å². The lowest BCUT2D eigenvalue weighted by atomic mass is 10.4. The molecule has 0 radical (unpaired) electrons. The molecule has 1 atom stereocenters. The molecule has 0 heterocycles. The molecule has 5 heteroatoms. The molecule has 0 fully saturated rings. The average molecular weight is 162 g/mol. The number of nitrogens with two attached hydrogens (primary N) is 1. The van der Waals surface area contributed by atoms with Gasteiger partial charge in [-0.25, -0.2) is 0 Å². The molecule has 0 saturated heterocycles. The molecule has 0 amide bonds. The minimum atomic E-state index is -0.678. The van der Waals surface area contributed by atoms with E-state index in [0.717, 1.165) is 6.21 Å². The third-order valence-corrected chi connectivity index (χ3v) is 1.20. The van der Waals surface area contributed by atoms with E-state index in [0.29, 0.717) is 0 Å². The van der Waals surface area contributed by atoms with Crippen molar-refractivity contribution < 1.29 is 9.53 Å². The highest BCUT2D eigenvalue weighted by Crippen LogP contribution is 1.86. The molecule has 0 aliphatic rings. The number of carbonyl (C=O) groups is 1. The van der Waals surface area contributed by atoms with Gasteiger partial charge in [0.15, 0.2) is 0 Å². The molecule has 10 heavy (non-hydrogen) atoms. The summed E-state index contributed by atoms with van der Waals surface area (Å²) in [6.45, 7) is -0.0136. The summed E-state index contributed by atoms with van der Waals surface area (Å²) in [6.07, 6.45) is 0.989. The van der Waals surface area contributed by atoms with E-state index in [4.69, 9.17) is 11.1 Å². The second-order valence-electron chi connectivity index (χ2n) is 1.62. The zero-order valence-electron chi connectivity index (χ0n) is 5.41. The van der Waals surface area contributed by atoms with Gasteiger partial charge in [0.2, 0.25) is 0 Å². The Morgan fingerprint density at radius 3 is 2.90 bits per heavy atom. The topological polar surface area (TPSA) is 76.2 Å². The predicted octanol–water partition coefficient (Wildman–Crippen LogP) is -0.564. The van der Waals surface area contributed by atoms with Crippen LogP contribution in [0.3, 0.4) is 0 Å². The molecule has 0 aromatic rings. The van der Waals surface area contributed by atoms with Gasteiger partial charge in [-0.15, -0.1) is 0 Å². The number of carbonyl (C=O) groups excluding carboxylic acids is 1. The molecule has 0 unspecified atom stereocenters. The summed E-state index contributed by atoms with van der Waals surface area (Å²) in [5, 5.41) is 6.53. The molecule has 0 aromatic heterocycles. The Hall–Kier alpha value is -0.550. The van der Waals surface area contributed by atoms with Gasteiger partial charge in [-0.2, -0.15) is 12.6 Å². The molecule has 3 N–H and O–H groups in total. The van der Waals surface area contributed by atoms with E-state index in [1.54, 1.807) is 0 Å². The standard InChI is InChI=1S/C5H10N2O2S/c6-1-2-9-5(8)4(7)3-10/h1,4,6,10H,2-3,7H2/t4-/m0/s1. The first-order valence-electron chi connectivity index (χ1n) is 2.74. The van der Waals surface area contributed by atoms with Crippen molar-refractivity contribution >= 4 is 24.8 Å². The van der Waals surface area contributed by atoms with Crippen molar-refractivity contribution in [2.75, 3.05) is 12.4 Å². The monoisotopic (exact) mass is 162 g/mol. The third-order valence-electron chi connectivity index (χ3n) is 0.808.